The Bertz CT molecular complexity index is 1000. The summed E-state index contributed by atoms with van der Waals surface area (Å²) < 4.78 is 15.5. The summed E-state index contributed by atoms with van der Waals surface area (Å²) in [5, 5.41) is 0.635. The van der Waals surface area contributed by atoms with Crippen molar-refractivity contribution in [2.75, 3.05) is 38.3 Å². The van der Waals surface area contributed by atoms with E-state index in [1.54, 1.807) is 16.9 Å². The highest BCUT2D eigenvalue weighted by atomic mass is 32.1. The van der Waals surface area contributed by atoms with Gasteiger partial charge in [0.2, 0.25) is 16.9 Å². The average Bonchev–Trinajstić information content (AvgIpc) is 3.35. The second kappa shape index (κ2) is 10.1. The molecule has 2 fully saturated rings. The van der Waals surface area contributed by atoms with E-state index in [0.29, 0.717) is 48.7 Å². The molecule has 1 saturated carbocycles. The van der Waals surface area contributed by atoms with E-state index >= 15 is 0 Å². The average molecular weight is 473 g/mol. The Morgan fingerprint density at radius 3 is 2.73 bits per heavy atom. The third kappa shape index (κ3) is 5.46. The molecule has 0 unspecified atom stereocenters. The van der Waals surface area contributed by atoms with E-state index in [0.717, 1.165) is 24.2 Å². The molecule has 9 heteroatoms. The first-order valence-corrected chi connectivity index (χ1v) is 12.4. The molecule has 33 heavy (non-hydrogen) atoms. The van der Waals surface area contributed by atoms with Crippen molar-refractivity contribution in [3.63, 3.8) is 0 Å². The van der Waals surface area contributed by atoms with Crippen LogP contribution in [0.3, 0.4) is 0 Å². The lowest BCUT2D eigenvalue weighted by atomic mass is 9.98. The molecule has 1 aliphatic heterocycles. The maximum atomic E-state index is 13.3. The number of anilines is 1. The number of benzene rings is 1. The van der Waals surface area contributed by atoms with Crippen molar-refractivity contribution in [1.29, 1.82) is 0 Å². The summed E-state index contributed by atoms with van der Waals surface area (Å²) in [6.07, 6.45) is 2.64. The van der Waals surface area contributed by atoms with Crippen molar-refractivity contribution >= 4 is 28.5 Å². The Kier molecular flexibility index (Phi) is 7.17. The molecule has 0 spiro atoms. The third-order valence-electron chi connectivity index (χ3n) is 6.12. The number of nitrogens with zero attached hydrogens (tertiary/aromatic N) is 4. The SMILES string of the molecule is CCOc1cc([C@@H]2CC(=O)N(CC(=O)N(CC3CC3)c3nc(C(C)C)ns3)C2)ccc1OC. The van der Waals surface area contributed by atoms with Gasteiger partial charge in [0.25, 0.3) is 0 Å². The maximum absolute atomic E-state index is 13.3. The molecule has 1 aromatic carbocycles. The smallest absolute Gasteiger partial charge is 0.248 e. The summed E-state index contributed by atoms with van der Waals surface area (Å²) in [7, 11) is 1.61. The van der Waals surface area contributed by atoms with E-state index in [-0.39, 0.29) is 30.2 Å². The van der Waals surface area contributed by atoms with Crippen LogP contribution in [-0.2, 0) is 9.59 Å². The Balaban J connectivity index is 1.46. The molecule has 4 rings (SSSR count). The summed E-state index contributed by atoms with van der Waals surface area (Å²) in [4.78, 5) is 34.1. The lowest BCUT2D eigenvalue weighted by molar-refractivity contribution is -0.132. The summed E-state index contributed by atoms with van der Waals surface area (Å²) in [6, 6.07) is 5.79. The number of likely N-dealkylation sites (tertiary alicyclic amines) is 1. The van der Waals surface area contributed by atoms with Crippen LogP contribution in [0.1, 0.15) is 63.3 Å². The minimum absolute atomic E-state index is 0.00590. The van der Waals surface area contributed by atoms with E-state index in [9.17, 15) is 9.59 Å². The largest absolute Gasteiger partial charge is 0.493 e. The van der Waals surface area contributed by atoms with Gasteiger partial charge < -0.3 is 14.4 Å². The van der Waals surface area contributed by atoms with Gasteiger partial charge in [0.05, 0.1) is 13.7 Å². The van der Waals surface area contributed by atoms with Crippen molar-refractivity contribution in [2.45, 2.75) is 51.9 Å². The molecule has 8 nitrogen and oxygen atoms in total. The predicted molar refractivity (Wildman–Crippen MR) is 127 cm³/mol. The van der Waals surface area contributed by atoms with Crippen LogP contribution in [-0.4, -0.2) is 59.4 Å². The van der Waals surface area contributed by atoms with Gasteiger partial charge in [-0.15, -0.1) is 0 Å². The molecule has 0 radical (unpaired) electrons. The zero-order valence-corrected chi connectivity index (χ0v) is 20.6. The highest BCUT2D eigenvalue weighted by Crippen LogP contribution is 2.36. The van der Waals surface area contributed by atoms with Gasteiger partial charge in [-0.25, -0.2) is 4.98 Å². The molecule has 1 saturated heterocycles. The molecule has 2 aromatic rings. The Morgan fingerprint density at radius 1 is 1.30 bits per heavy atom. The zero-order chi connectivity index (χ0) is 23.5. The lowest BCUT2D eigenvalue weighted by Gasteiger charge is -2.23. The molecule has 2 amide bonds. The van der Waals surface area contributed by atoms with Crippen molar-refractivity contribution in [2.24, 2.45) is 5.92 Å². The summed E-state index contributed by atoms with van der Waals surface area (Å²) >= 11 is 1.26. The van der Waals surface area contributed by atoms with Crippen molar-refractivity contribution < 1.29 is 19.1 Å². The van der Waals surface area contributed by atoms with Gasteiger partial charge in [0, 0.05) is 42.9 Å². The van der Waals surface area contributed by atoms with Crippen LogP contribution in [0.4, 0.5) is 5.13 Å². The van der Waals surface area contributed by atoms with Gasteiger partial charge in [-0.1, -0.05) is 19.9 Å². The quantitative estimate of drug-likeness (QED) is 0.523. The fraction of sp³-hybridized carbons (Fsp3) is 0.583. The normalized spacial score (nSPS) is 18.2. The fourth-order valence-corrected chi connectivity index (χ4v) is 4.86. The fourth-order valence-electron chi connectivity index (χ4n) is 4.03. The van der Waals surface area contributed by atoms with Crippen LogP contribution >= 0.6 is 11.5 Å². The van der Waals surface area contributed by atoms with E-state index in [1.807, 2.05) is 39.0 Å². The Morgan fingerprint density at radius 2 is 2.09 bits per heavy atom. The topological polar surface area (TPSA) is 84.9 Å². The molecule has 178 valence electrons. The number of amides is 2. The van der Waals surface area contributed by atoms with Gasteiger partial charge in [-0.05, 0) is 43.4 Å². The minimum atomic E-state index is -0.0907. The van der Waals surface area contributed by atoms with E-state index in [2.05, 4.69) is 9.36 Å². The zero-order valence-electron chi connectivity index (χ0n) is 19.7. The van der Waals surface area contributed by atoms with Crippen molar-refractivity contribution in [3.8, 4) is 11.5 Å². The molecule has 0 bridgehead atoms. The number of aromatic nitrogens is 2. The molecule has 2 aliphatic rings. The van der Waals surface area contributed by atoms with E-state index in [4.69, 9.17) is 9.47 Å². The first-order valence-electron chi connectivity index (χ1n) is 11.6. The second-order valence-electron chi connectivity index (χ2n) is 9.06. The highest BCUT2D eigenvalue weighted by molar-refractivity contribution is 7.09. The van der Waals surface area contributed by atoms with Gasteiger partial charge in [-0.2, -0.15) is 4.37 Å². The summed E-state index contributed by atoms with van der Waals surface area (Å²) in [6.45, 7) is 7.75. The number of ether oxygens (including phenoxy) is 2. The van der Waals surface area contributed by atoms with Crippen LogP contribution < -0.4 is 14.4 Å². The predicted octanol–water partition coefficient (Wildman–Crippen LogP) is 3.83. The molecule has 0 N–H and O–H groups in total. The standard InChI is InChI=1S/C24H32N4O4S/c1-5-32-20-10-17(8-9-19(20)31-4)18-11-21(29)27(13-18)14-22(30)28(12-16-6-7-16)24-25-23(15(2)3)26-33-24/h8-10,15-16,18H,5-7,11-14H2,1-4H3/t18-/m1/s1. The second-order valence-corrected chi connectivity index (χ2v) is 9.79. The Labute approximate surface area is 199 Å². The van der Waals surface area contributed by atoms with Crippen molar-refractivity contribution in [1.82, 2.24) is 14.3 Å². The molecule has 1 aliphatic carbocycles. The van der Waals surface area contributed by atoms with Crippen LogP contribution in [0.25, 0.3) is 0 Å². The van der Waals surface area contributed by atoms with Gasteiger partial charge >= 0.3 is 0 Å². The maximum Gasteiger partial charge on any atom is 0.248 e. The first-order chi connectivity index (χ1) is 15.9. The van der Waals surface area contributed by atoms with Crippen LogP contribution in [0, 0.1) is 5.92 Å². The highest BCUT2D eigenvalue weighted by Gasteiger charge is 2.35. The van der Waals surface area contributed by atoms with Gasteiger partial charge in [0.15, 0.2) is 11.5 Å². The van der Waals surface area contributed by atoms with Gasteiger partial charge in [-0.3, -0.25) is 14.5 Å². The number of carbonyl (C=O) groups excluding carboxylic acids is 2. The monoisotopic (exact) mass is 472 g/mol. The molecule has 1 aromatic heterocycles. The van der Waals surface area contributed by atoms with Crippen LogP contribution in [0.15, 0.2) is 18.2 Å². The van der Waals surface area contributed by atoms with E-state index in [1.165, 1.54) is 11.5 Å². The van der Waals surface area contributed by atoms with Crippen molar-refractivity contribution in [3.05, 3.63) is 29.6 Å². The number of carbonyl (C=O) groups is 2. The van der Waals surface area contributed by atoms with Gasteiger partial charge in [0.1, 0.15) is 12.4 Å². The molecule has 1 atom stereocenters. The number of hydrogen-bond acceptors (Lipinski definition) is 7. The molecular weight excluding hydrogens is 440 g/mol. The Hall–Kier alpha value is -2.68. The van der Waals surface area contributed by atoms with Crippen LogP contribution in [0.5, 0.6) is 11.5 Å². The number of rotatable bonds is 10. The lowest BCUT2D eigenvalue weighted by Crippen LogP contribution is -2.42. The molecule has 2 heterocycles. The first kappa shape index (κ1) is 23.5. The molecular formula is C24H32N4O4S. The van der Waals surface area contributed by atoms with E-state index < -0.39 is 0 Å². The summed E-state index contributed by atoms with van der Waals surface area (Å²) in [5.74, 6) is 2.74. The third-order valence-corrected chi connectivity index (χ3v) is 6.87. The minimum Gasteiger partial charge on any atom is -0.493 e. The number of methoxy groups -OCH3 is 1. The van der Waals surface area contributed by atoms with Crippen LogP contribution in [0.2, 0.25) is 0 Å². The summed E-state index contributed by atoms with van der Waals surface area (Å²) in [5.41, 5.74) is 1.02. The number of hydrogen-bond donors (Lipinski definition) is 0.